The van der Waals surface area contributed by atoms with Crippen molar-refractivity contribution >= 4 is 15.9 Å². The van der Waals surface area contributed by atoms with Crippen LogP contribution in [0.15, 0.2) is 53.0 Å². The van der Waals surface area contributed by atoms with Crippen LogP contribution in [0.25, 0.3) is 0 Å². The molecule has 2 aromatic rings. The van der Waals surface area contributed by atoms with Crippen LogP contribution in [-0.4, -0.2) is 18.3 Å². The number of rotatable bonds is 7. The van der Waals surface area contributed by atoms with Crippen molar-refractivity contribution in [2.24, 2.45) is 5.92 Å². The predicted molar refractivity (Wildman–Crippen MR) is 84.9 cm³/mol. The van der Waals surface area contributed by atoms with Crippen molar-refractivity contribution < 1.29 is 14.2 Å². The van der Waals surface area contributed by atoms with E-state index in [-0.39, 0.29) is 18.3 Å². The SMILES string of the molecule is OCC(CCOc1ccc(Br)cc1)Cc1cccc(F)c1. The molecule has 1 atom stereocenters. The van der Waals surface area contributed by atoms with E-state index >= 15 is 0 Å². The molecule has 0 spiro atoms. The van der Waals surface area contributed by atoms with Gasteiger partial charge in [-0.15, -0.1) is 0 Å². The molecule has 2 rings (SSSR count). The van der Waals surface area contributed by atoms with Gasteiger partial charge in [0.25, 0.3) is 0 Å². The van der Waals surface area contributed by atoms with E-state index in [0.717, 1.165) is 22.2 Å². The highest BCUT2D eigenvalue weighted by atomic mass is 79.9. The van der Waals surface area contributed by atoms with Crippen LogP contribution in [0.3, 0.4) is 0 Å². The highest BCUT2D eigenvalue weighted by Crippen LogP contribution is 2.18. The first kappa shape index (κ1) is 16.0. The van der Waals surface area contributed by atoms with E-state index < -0.39 is 0 Å². The van der Waals surface area contributed by atoms with Crippen molar-refractivity contribution in [3.63, 3.8) is 0 Å². The van der Waals surface area contributed by atoms with Gasteiger partial charge in [-0.2, -0.15) is 0 Å². The summed E-state index contributed by atoms with van der Waals surface area (Å²) in [4.78, 5) is 0. The molecule has 1 N–H and O–H groups in total. The van der Waals surface area contributed by atoms with Gasteiger partial charge in [-0.1, -0.05) is 28.1 Å². The summed E-state index contributed by atoms with van der Waals surface area (Å²) < 4.78 is 19.8. The molecule has 0 saturated carbocycles. The van der Waals surface area contributed by atoms with Gasteiger partial charge in [0.2, 0.25) is 0 Å². The van der Waals surface area contributed by atoms with Crippen LogP contribution >= 0.6 is 15.9 Å². The lowest BCUT2D eigenvalue weighted by molar-refractivity contribution is 0.190. The van der Waals surface area contributed by atoms with E-state index in [2.05, 4.69) is 15.9 Å². The monoisotopic (exact) mass is 352 g/mol. The fourth-order valence-corrected chi connectivity index (χ4v) is 2.39. The predicted octanol–water partition coefficient (Wildman–Crippen LogP) is 4.21. The zero-order valence-corrected chi connectivity index (χ0v) is 13.2. The molecule has 0 aromatic heterocycles. The number of halogens is 2. The van der Waals surface area contributed by atoms with Crippen molar-refractivity contribution in [3.05, 3.63) is 64.4 Å². The Kier molecular flexibility index (Phi) is 6.21. The van der Waals surface area contributed by atoms with Gasteiger partial charge in [0.05, 0.1) is 6.61 Å². The summed E-state index contributed by atoms with van der Waals surface area (Å²) in [5.41, 5.74) is 0.901. The van der Waals surface area contributed by atoms with Gasteiger partial charge in [0.15, 0.2) is 0 Å². The third-order valence-corrected chi connectivity index (χ3v) is 3.81. The number of benzene rings is 2. The van der Waals surface area contributed by atoms with E-state index in [1.165, 1.54) is 12.1 Å². The average Bonchev–Trinajstić information content (AvgIpc) is 2.48. The molecule has 0 fully saturated rings. The maximum Gasteiger partial charge on any atom is 0.123 e. The Morgan fingerprint density at radius 1 is 1.14 bits per heavy atom. The van der Waals surface area contributed by atoms with Crippen LogP contribution in [0, 0.1) is 11.7 Å². The number of aliphatic hydroxyl groups excluding tert-OH is 1. The fraction of sp³-hybridized carbons (Fsp3) is 0.294. The largest absolute Gasteiger partial charge is 0.494 e. The first-order valence-electron chi connectivity index (χ1n) is 6.91. The van der Waals surface area contributed by atoms with Gasteiger partial charge >= 0.3 is 0 Å². The minimum Gasteiger partial charge on any atom is -0.494 e. The lowest BCUT2D eigenvalue weighted by Gasteiger charge is -2.15. The summed E-state index contributed by atoms with van der Waals surface area (Å²) in [5.74, 6) is 0.637. The molecule has 0 aliphatic rings. The minimum atomic E-state index is -0.240. The summed E-state index contributed by atoms with van der Waals surface area (Å²) in [6.07, 6.45) is 1.38. The van der Waals surface area contributed by atoms with Crippen molar-refractivity contribution in [2.75, 3.05) is 13.2 Å². The molecule has 0 aliphatic carbocycles. The van der Waals surface area contributed by atoms with Crippen LogP contribution in [0.2, 0.25) is 0 Å². The van der Waals surface area contributed by atoms with Gasteiger partial charge < -0.3 is 9.84 Å². The summed E-state index contributed by atoms with van der Waals surface area (Å²) >= 11 is 3.37. The first-order valence-corrected chi connectivity index (χ1v) is 7.70. The van der Waals surface area contributed by atoms with Crippen molar-refractivity contribution in [1.82, 2.24) is 0 Å². The number of hydrogen-bond donors (Lipinski definition) is 1. The molecule has 0 bridgehead atoms. The van der Waals surface area contributed by atoms with E-state index in [1.54, 1.807) is 6.07 Å². The Morgan fingerprint density at radius 3 is 2.57 bits per heavy atom. The van der Waals surface area contributed by atoms with Gasteiger partial charge in [-0.3, -0.25) is 0 Å². The maximum atomic E-state index is 13.1. The molecular weight excluding hydrogens is 335 g/mol. The van der Waals surface area contributed by atoms with Crippen LogP contribution in [0.1, 0.15) is 12.0 Å². The Morgan fingerprint density at radius 2 is 1.90 bits per heavy atom. The number of aliphatic hydroxyl groups is 1. The molecule has 0 radical (unpaired) electrons. The Labute approximate surface area is 132 Å². The molecule has 0 saturated heterocycles. The van der Waals surface area contributed by atoms with Crippen molar-refractivity contribution in [1.29, 1.82) is 0 Å². The Hall–Kier alpha value is -1.39. The van der Waals surface area contributed by atoms with E-state index in [4.69, 9.17) is 4.74 Å². The highest BCUT2D eigenvalue weighted by molar-refractivity contribution is 9.10. The second-order valence-corrected chi connectivity index (χ2v) is 5.89. The second-order valence-electron chi connectivity index (χ2n) is 4.97. The zero-order valence-electron chi connectivity index (χ0n) is 11.6. The smallest absolute Gasteiger partial charge is 0.123 e. The van der Waals surface area contributed by atoms with Crippen molar-refractivity contribution in [3.8, 4) is 5.75 Å². The standard InChI is InChI=1S/C17H18BrFO2/c18-15-4-6-17(7-5-15)21-9-8-14(12-20)10-13-2-1-3-16(19)11-13/h1-7,11,14,20H,8-10,12H2. The molecule has 0 aliphatic heterocycles. The molecule has 0 heterocycles. The normalized spacial score (nSPS) is 12.1. The topological polar surface area (TPSA) is 29.5 Å². The second kappa shape index (κ2) is 8.15. The van der Waals surface area contributed by atoms with E-state index in [9.17, 15) is 9.50 Å². The molecule has 2 nitrogen and oxygen atoms in total. The lowest BCUT2D eigenvalue weighted by atomic mass is 9.97. The van der Waals surface area contributed by atoms with Crippen LogP contribution in [0.4, 0.5) is 4.39 Å². The maximum absolute atomic E-state index is 13.1. The van der Waals surface area contributed by atoms with E-state index in [1.807, 2.05) is 30.3 Å². The summed E-state index contributed by atoms with van der Waals surface area (Å²) in [6.45, 7) is 0.600. The van der Waals surface area contributed by atoms with Gasteiger partial charge in [-0.05, 0) is 60.7 Å². The fourth-order valence-electron chi connectivity index (χ4n) is 2.13. The Balaban J connectivity index is 1.81. The molecule has 0 amide bonds. The first-order chi connectivity index (χ1) is 10.2. The van der Waals surface area contributed by atoms with Gasteiger partial charge in [0.1, 0.15) is 11.6 Å². The molecule has 1 unspecified atom stereocenters. The summed E-state index contributed by atoms with van der Waals surface area (Å²) in [7, 11) is 0. The quantitative estimate of drug-likeness (QED) is 0.808. The highest BCUT2D eigenvalue weighted by Gasteiger charge is 2.09. The zero-order chi connectivity index (χ0) is 15.1. The molecule has 2 aromatic carbocycles. The van der Waals surface area contributed by atoms with Gasteiger partial charge in [0, 0.05) is 11.1 Å². The van der Waals surface area contributed by atoms with Crippen LogP contribution in [0.5, 0.6) is 5.75 Å². The van der Waals surface area contributed by atoms with Crippen LogP contribution in [-0.2, 0) is 6.42 Å². The third kappa shape index (κ3) is 5.48. The molecule has 4 heteroatoms. The summed E-state index contributed by atoms with van der Waals surface area (Å²) in [5, 5.41) is 9.43. The molecular formula is C17H18BrFO2. The number of ether oxygens (including phenoxy) is 1. The molecule has 21 heavy (non-hydrogen) atoms. The lowest BCUT2D eigenvalue weighted by Crippen LogP contribution is -2.14. The van der Waals surface area contributed by atoms with Gasteiger partial charge in [-0.25, -0.2) is 4.39 Å². The Bertz CT molecular complexity index is 557. The van der Waals surface area contributed by atoms with E-state index in [0.29, 0.717) is 13.0 Å². The average molecular weight is 353 g/mol. The van der Waals surface area contributed by atoms with Crippen molar-refractivity contribution in [2.45, 2.75) is 12.8 Å². The third-order valence-electron chi connectivity index (χ3n) is 3.28. The number of hydrogen-bond acceptors (Lipinski definition) is 2. The summed E-state index contributed by atoms with van der Waals surface area (Å²) in [6, 6.07) is 14.1. The van der Waals surface area contributed by atoms with Crippen LogP contribution < -0.4 is 4.74 Å². The minimum absolute atomic E-state index is 0.0697. The molecule has 112 valence electrons.